The Morgan fingerprint density at radius 1 is 1.50 bits per heavy atom. The molecule has 0 heterocycles. The first kappa shape index (κ1) is 15.0. The zero-order valence-electron chi connectivity index (χ0n) is 12.2. The first-order valence-corrected chi connectivity index (χ1v) is 7.34. The number of carbonyl (C=O) groups is 1. The van der Waals surface area contributed by atoms with E-state index in [-0.39, 0.29) is 17.8 Å². The Hall–Kier alpha value is -1.42. The van der Waals surface area contributed by atoms with Gasteiger partial charge in [-0.1, -0.05) is 19.1 Å². The number of likely N-dealkylation sites (N-methyl/N-ethyl adjacent to an activating group) is 1. The molecule has 1 aromatic carbocycles. The van der Waals surface area contributed by atoms with Gasteiger partial charge in [0.1, 0.15) is 5.82 Å². The summed E-state index contributed by atoms with van der Waals surface area (Å²) >= 11 is 0. The molecule has 0 spiro atoms. The Morgan fingerprint density at radius 2 is 2.25 bits per heavy atom. The van der Waals surface area contributed by atoms with E-state index in [1.54, 1.807) is 6.07 Å². The van der Waals surface area contributed by atoms with E-state index < -0.39 is 0 Å². The Labute approximate surface area is 120 Å². The number of carbonyl (C=O) groups excluding carboxylic acids is 1. The predicted octanol–water partition coefficient (Wildman–Crippen LogP) is 2.56. The summed E-state index contributed by atoms with van der Waals surface area (Å²) in [6.07, 6.45) is 2.45. The lowest BCUT2D eigenvalue weighted by Gasteiger charge is -2.21. The van der Waals surface area contributed by atoms with Crippen LogP contribution in [0.2, 0.25) is 0 Å². The van der Waals surface area contributed by atoms with Gasteiger partial charge in [-0.25, -0.2) is 4.39 Å². The zero-order chi connectivity index (χ0) is 14.5. The summed E-state index contributed by atoms with van der Waals surface area (Å²) < 4.78 is 13.2. The van der Waals surface area contributed by atoms with Gasteiger partial charge in [0.2, 0.25) is 5.91 Å². The van der Waals surface area contributed by atoms with Crippen LogP contribution in [0.1, 0.15) is 32.3 Å². The molecule has 1 unspecified atom stereocenters. The number of benzene rings is 1. The molecule has 0 bridgehead atoms. The predicted molar refractivity (Wildman–Crippen MR) is 77.7 cm³/mol. The molecule has 4 heteroatoms. The minimum absolute atomic E-state index is 0.0580. The molecule has 0 radical (unpaired) electrons. The summed E-state index contributed by atoms with van der Waals surface area (Å²) in [5.41, 5.74) is 0.898. The van der Waals surface area contributed by atoms with E-state index in [9.17, 15) is 9.18 Å². The molecular formula is C16H23FN2O. The lowest BCUT2D eigenvalue weighted by atomic mass is 10.2. The maximum atomic E-state index is 13.2. The van der Waals surface area contributed by atoms with Crippen molar-refractivity contribution in [2.45, 2.75) is 39.3 Å². The fraction of sp³-hybridized carbons (Fsp3) is 0.562. The highest BCUT2D eigenvalue weighted by atomic mass is 19.1. The second-order valence-electron chi connectivity index (χ2n) is 5.63. The molecule has 110 valence electrons. The van der Waals surface area contributed by atoms with Crippen LogP contribution in [0.3, 0.4) is 0 Å². The first-order chi connectivity index (χ1) is 9.58. The Bertz CT molecular complexity index is 460. The van der Waals surface area contributed by atoms with Gasteiger partial charge in [-0.2, -0.15) is 0 Å². The van der Waals surface area contributed by atoms with E-state index in [0.717, 1.165) is 12.1 Å². The van der Waals surface area contributed by atoms with Gasteiger partial charge in [0.25, 0.3) is 0 Å². The molecule has 2 rings (SSSR count). The topological polar surface area (TPSA) is 32.3 Å². The van der Waals surface area contributed by atoms with Crippen molar-refractivity contribution < 1.29 is 9.18 Å². The van der Waals surface area contributed by atoms with E-state index in [1.807, 2.05) is 17.9 Å². The highest BCUT2D eigenvalue weighted by Gasteiger charge is 2.29. The third-order valence-electron chi connectivity index (χ3n) is 3.83. The van der Waals surface area contributed by atoms with E-state index >= 15 is 0 Å². The Morgan fingerprint density at radius 3 is 2.85 bits per heavy atom. The zero-order valence-corrected chi connectivity index (χ0v) is 12.2. The molecule has 1 aliphatic carbocycles. The Balaban J connectivity index is 1.83. The lowest BCUT2D eigenvalue weighted by molar-refractivity contribution is -0.123. The number of hydrogen-bond acceptors (Lipinski definition) is 2. The molecule has 0 saturated heterocycles. The largest absolute Gasteiger partial charge is 0.352 e. The standard InChI is InChI=1S/C16H23FN2O/c1-3-19(10-13-5-4-6-15(17)9-13)11-16(20)18-12(2)14-7-8-14/h4-6,9,12,14H,3,7-8,10-11H2,1-2H3,(H,18,20). The molecule has 1 aromatic rings. The second-order valence-corrected chi connectivity index (χ2v) is 5.63. The fourth-order valence-electron chi connectivity index (χ4n) is 2.39. The van der Waals surface area contributed by atoms with Crippen molar-refractivity contribution in [2.75, 3.05) is 13.1 Å². The van der Waals surface area contributed by atoms with E-state index in [0.29, 0.717) is 19.0 Å². The van der Waals surface area contributed by atoms with Crippen LogP contribution in [-0.2, 0) is 11.3 Å². The molecule has 0 aromatic heterocycles. The molecule has 1 amide bonds. The van der Waals surface area contributed by atoms with E-state index in [2.05, 4.69) is 12.2 Å². The van der Waals surface area contributed by atoms with Crippen molar-refractivity contribution in [1.82, 2.24) is 10.2 Å². The monoisotopic (exact) mass is 278 g/mol. The van der Waals surface area contributed by atoms with Crippen molar-refractivity contribution >= 4 is 5.91 Å². The number of halogens is 1. The third kappa shape index (κ3) is 4.60. The van der Waals surface area contributed by atoms with Crippen molar-refractivity contribution in [3.8, 4) is 0 Å². The van der Waals surface area contributed by atoms with Crippen LogP contribution in [0, 0.1) is 11.7 Å². The smallest absolute Gasteiger partial charge is 0.234 e. The molecule has 1 fully saturated rings. The molecule has 1 atom stereocenters. The van der Waals surface area contributed by atoms with Crippen LogP contribution < -0.4 is 5.32 Å². The van der Waals surface area contributed by atoms with Crippen LogP contribution in [-0.4, -0.2) is 29.9 Å². The van der Waals surface area contributed by atoms with Crippen LogP contribution in [0.15, 0.2) is 24.3 Å². The SMILES string of the molecule is CCN(CC(=O)NC(C)C1CC1)Cc1cccc(F)c1. The average molecular weight is 278 g/mol. The van der Waals surface area contributed by atoms with Crippen molar-refractivity contribution in [2.24, 2.45) is 5.92 Å². The number of rotatable bonds is 7. The third-order valence-corrected chi connectivity index (χ3v) is 3.83. The van der Waals surface area contributed by atoms with Crippen LogP contribution in [0.25, 0.3) is 0 Å². The number of nitrogens with zero attached hydrogens (tertiary/aromatic N) is 1. The van der Waals surface area contributed by atoms with Crippen molar-refractivity contribution in [1.29, 1.82) is 0 Å². The molecular weight excluding hydrogens is 255 g/mol. The van der Waals surface area contributed by atoms with Crippen molar-refractivity contribution in [3.63, 3.8) is 0 Å². The number of amides is 1. The van der Waals surface area contributed by atoms with Gasteiger partial charge >= 0.3 is 0 Å². The molecule has 1 N–H and O–H groups in total. The van der Waals surface area contributed by atoms with Gasteiger partial charge in [-0.05, 0) is 49.9 Å². The van der Waals surface area contributed by atoms with Gasteiger partial charge in [-0.3, -0.25) is 9.69 Å². The second kappa shape index (κ2) is 6.84. The maximum Gasteiger partial charge on any atom is 0.234 e. The van der Waals surface area contributed by atoms with E-state index in [1.165, 1.54) is 25.0 Å². The van der Waals surface area contributed by atoms with Crippen LogP contribution >= 0.6 is 0 Å². The van der Waals surface area contributed by atoms with Crippen molar-refractivity contribution in [3.05, 3.63) is 35.6 Å². The van der Waals surface area contributed by atoms with Gasteiger partial charge in [0.05, 0.1) is 6.54 Å². The van der Waals surface area contributed by atoms with Gasteiger partial charge < -0.3 is 5.32 Å². The maximum absolute atomic E-state index is 13.2. The fourth-order valence-corrected chi connectivity index (χ4v) is 2.39. The lowest BCUT2D eigenvalue weighted by Crippen LogP contribution is -2.41. The minimum Gasteiger partial charge on any atom is -0.352 e. The molecule has 20 heavy (non-hydrogen) atoms. The summed E-state index contributed by atoms with van der Waals surface area (Å²) in [4.78, 5) is 14.0. The van der Waals surface area contributed by atoms with Gasteiger partial charge in [0, 0.05) is 12.6 Å². The summed E-state index contributed by atoms with van der Waals surface area (Å²) in [5, 5.41) is 3.05. The molecule has 3 nitrogen and oxygen atoms in total. The van der Waals surface area contributed by atoms with Gasteiger partial charge in [0.15, 0.2) is 0 Å². The molecule has 1 saturated carbocycles. The van der Waals surface area contributed by atoms with Crippen LogP contribution in [0.4, 0.5) is 4.39 Å². The normalized spacial score (nSPS) is 16.2. The number of nitrogens with one attached hydrogen (secondary N) is 1. The molecule has 0 aliphatic heterocycles. The quantitative estimate of drug-likeness (QED) is 0.831. The number of hydrogen-bond donors (Lipinski definition) is 1. The first-order valence-electron chi connectivity index (χ1n) is 7.34. The van der Waals surface area contributed by atoms with E-state index in [4.69, 9.17) is 0 Å². The Kier molecular flexibility index (Phi) is 5.12. The summed E-state index contributed by atoms with van der Waals surface area (Å²) in [7, 11) is 0. The minimum atomic E-state index is -0.231. The van der Waals surface area contributed by atoms with Gasteiger partial charge in [-0.15, -0.1) is 0 Å². The average Bonchev–Trinajstić information content (AvgIpc) is 3.22. The highest BCUT2D eigenvalue weighted by molar-refractivity contribution is 5.78. The highest BCUT2D eigenvalue weighted by Crippen LogP contribution is 2.32. The summed E-state index contributed by atoms with van der Waals surface area (Å²) in [5.74, 6) is 0.491. The summed E-state index contributed by atoms with van der Waals surface area (Å²) in [6, 6.07) is 6.82. The van der Waals surface area contributed by atoms with Crippen LogP contribution in [0.5, 0.6) is 0 Å². The molecule has 1 aliphatic rings. The summed E-state index contributed by atoms with van der Waals surface area (Å²) in [6.45, 7) is 5.81.